The summed E-state index contributed by atoms with van der Waals surface area (Å²) in [6.45, 7) is 3.91. The lowest BCUT2D eigenvalue weighted by molar-refractivity contribution is -0.140. The number of aryl methyl sites for hydroxylation is 1. The van der Waals surface area contributed by atoms with Crippen molar-refractivity contribution in [1.82, 2.24) is 4.57 Å². The second kappa shape index (κ2) is 9.28. The molecule has 1 aliphatic heterocycles. The summed E-state index contributed by atoms with van der Waals surface area (Å²) >= 11 is 7.73. The third-order valence-corrected chi connectivity index (χ3v) is 6.32. The zero-order valence-electron chi connectivity index (χ0n) is 17.8. The quantitative estimate of drug-likeness (QED) is 0.407. The highest BCUT2D eigenvalue weighted by atomic mass is 35.5. The summed E-state index contributed by atoms with van der Waals surface area (Å²) in [7, 11) is 1.52. The number of carbonyl (C=O) groups excluding carboxylic acids is 1. The van der Waals surface area contributed by atoms with Gasteiger partial charge in [0.05, 0.1) is 22.4 Å². The number of hydrogen-bond acceptors (Lipinski definition) is 7. The summed E-state index contributed by atoms with van der Waals surface area (Å²) in [5, 5.41) is 0.436. The lowest BCUT2D eigenvalue weighted by Crippen LogP contribution is -2.40. The van der Waals surface area contributed by atoms with Crippen LogP contribution in [0.1, 0.15) is 30.0 Å². The van der Waals surface area contributed by atoms with Gasteiger partial charge in [-0.2, -0.15) is 0 Å². The van der Waals surface area contributed by atoms with Crippen molar-refractivity contribution in [3.8, 4) is 0 Å². The van der Waals surface area contributed by atoms with Crippen molar-refractivity contribution in [2.24, 2.45) is 4.99 Å². The van der Waals surface area contributed by atoms with Gasteiger partial charge in [0.15, 0.2) is 4.80 Å². The molecule has 0 aliphatic carbocycles. The van der Waals surface area contributed by atoms with E-state index in [1.807, 2.05) is 19.1 Å². The van der Waals surface area contributed by atoms with Crippen LogP contribution in [-0.4, -0.2) is 30.9 Å². The standard InChI is InChI=1S/C23H21ClN2O5S/c1-13-8-9-15(31-13)12-18-21(27)26-20(16-6-4-5-7-17(16)24)19(14(2)25-23(26)32-18)22(28)30-11-10-29-3/h4-9,12,20H,10-11H2,1-3H3/b18-12+. The Bertz CT molecular complexity index is 1380. The number of halogens is 1. The molecule has 0 saturated carbocycles. The largest absolute Gasteiger partial charge is 0.462 e. The number of carbonyl (C=O) groups is 1. The van der Waals surface area contributed by atoms with Gasteiger partial charge in [0.2, 0.25) is 0 Å². The van der Waals surface area contributed by atoms with E-state index in [0.717, 1.165) is 5.76 Å². The first-order chi connectivity index (χ1) is 15.4. The van der Waals surface area contributed by atoms with Crippen molar-refractivity contribution < 1.29 is 18.7 Å². The number of methoxy groups -OCH3 is 1. The van der Waals surface area contributed by atoms with Gasteiger partial charge in [0.1, 0.15) is 24.2 Å². The number of rotatable bonds is 6. The van der Waals surface area contributed by atoms with Crippen LogP contribution in [0.15, 0.2) is 61.9 Å². The number of hydrogen-bond donors (Lipinski definition) is 0. The molecular formula is C23H21ClN2O5S. The average molecular weight is 473 g/mol. The third kappa shape index (κ3) is 4.21. The maximum absolute atomic E-state index is 13.5. The predicted octanol–water partition coefficient (Wildman–Crippen LogP) is 2.98. The van der Waals surface area contributed by atoms with E-state index in [0.29, 0.717) is 31.4 Å². The summed E-state index contributed by atoms with van der Waals surface area (Å²) in [6.07, 6.45) is 1.68. The van der Waals surface area contributed by atoms with Crippen LogP contribution in [0.2, 0.25) is 5.02 Å². The molecule has 0 bridgehead atoms. The van der Waals surface area contributed by atoms with E-state index in [2.05, 4.69) is 4.99 Å². The molecule has 1 aliphatic rings. The first kappa shape index (κ1) is 22.3. The molecule has 3 heterocycles. The highest BCUT2D eigenvalue weighted by Crippen LogP contribution is 2.34. The van der Waals surface area contributed by atoms with E-state index in [4.69, 9.17) is 25.5 Å². The molecule has 166 valence electrons. The van der Waals surface area contributed by atoms with E-state index >= 15 is 0 Å². The minimum absolute atomic E-state index is 0.0869. The summed E-state index contributed by atoms with van der Waals surface area (Å²) in [5.74, 6) is 0.746. The predicted molar refractivity (Wildman–Crippen MR) is 121 cm³/mol. The number of aromatic nitrogens is 1. The number of furan rings is 1. The second-order valence-electron chi connectivity index (χ2n) is 7.18. The molecule has 0 radical (unpaired) electrons. The van der Waals surface area contributed by atoms with E-state index < -0.39 is 12.0 Å². The van der Waals surface area contributed by atoms with Gasteiger partial charge < -0.3 is 13.9 Å². The topological polar surface area (TPSA) is 83.0 Å². The zero-order chi connectivity index (χ0) is 22.8. The average Bonchev–Trinajstić information content (AvgIpc) is 3.30. The highest BCUT2D eigenvalue weighted by Gasteiger charge is 2.34. The van der Waals surface area contributed by atoms with Gasteiger partial charge in [-0.05, 0) is 37.6 Å². The van der Waals surface area contributed by atoms with E-state index in [1.165, 1.54) is 23.0 Å². The summed E-state index contributed by atoms with van der Waals surface area (Å²) in [4.78, 5) is 31.5. The Hall–Kier alpha value is -2.94. The first-order valence-electron chi connectivity index (χ1n) is 9.90. The molecule has 0 saturated heterocycles. The Balaban J connectivity index is 1.91. The molecule has 32 heavy (non-hydrogen) atoms. The fourth-order valence-electron chi connectivity index (χ4n) is 3.53. The maximum atomic E-state index is 13.5. The van der Waals surface area contributed by atoms with Gasteiger partial charge >= 0.3 is 5.97 Å². The second-order valence-corrected chi connectivity index (χ2v) is 8.60. The number of esters is 1. The summed E-state index contributed by atoms with van der Waals surface area (Å²) in [5.41, 5.74) is 1.06. The molecule has 2 aromatic heterocycles. The number of fused-ring (bicyclic) bond motifs is 1. The van der Waals surface area contributed by atoms with Gasteiger partial charge in [-0.3, -0.25) is 9.36 Å². The SMILES string of the molecule is COCCOC(=O)C1=C(C)N=c2s/c(=C/c3ccc(C)o3)c(=O)n2C1c1ccccc1Cl. The molecule has 1 aromatic carbocycles. The number of nitrogens with zero attached hydrogens (tertiary/aromatic N) is 2. The minimum Gasteiger partial charge on any atom is -0.462 e. The van der Waals surface area contributed by atoms with Crippen molar-refractivity contribution in [3.63, 3.8) is 0 Å². The van der Waals surface area contributed by atoms with Crippen LogP contribution in [0, 0.1) is 6.92 Å². The maximum Gasteiger partial charge on any atom is 0.338 e. The van der Waals surface area contributed by atoms with Crippen LogP contribution in [0.4, 0.5) is 0 Å². The van der Waals surface area contributed by atoms with Crippen LogP contribution in [0.5, 0.6) is 0 Å². The number of thiazole rings is 1. The Morgan fingerprint density at radius 1 is 1.25 bits per heavy atom. The molecule has 1 atom stereocenters. The molecule has 7 nitrogen and oxygen atoms in total. The van der Waals surface area contributed by atoms with Gasteiger partial charge in [-0.15, -0.1) is 0 Å². The molecule has 0 amide bonds. The molecule has 4 rings (SSSR count). The summed E-state index contributed by atoms with van der Waals surface area (Å²) < 4.78 is 17.9. The molecule has 0 N–H and O–H groups in total. The Morgan fingerprint density at radius 3 is 2.72 bits per heavy atom. The zero-order valence-corrected chi connectivity index (χ0v) is 19.3. The molecule has 0 spiro atoms. The third-order valence-electron chi connectivity index (χ3n) is 5.00. The van der Waals surface area contributed by atoms with E-state index in [-0.39, 0.29) is 24.3 Å². The number of allylic oxidation sites excluding steroid dienone is 1. The monoisotopic (exact) mass is 472 g/mol. The number of ether oxygens (including phenoxy) is 2. The molecule has 0 fully saturated rings. The van der Waals surface area contributed by atoms with Gasteiger partial charge in [-0.1, -0.05) is 41.1 Å². The fourth-order valence-corrected chi connectivity index (χ4v) is 4.80. The molecular weight excluding hydrogens is 452 g/mol. The fraction of sp³-hybridized carbons (Fsp3) is 0.261. The van der Waals surface area contributed by atoms with Gasteiger partial charge in [0.25, 0.3) is 5.56 Å². The normalized spacial score (nSPS) is 16.1. The van der Waals surface area contributed by atoms with Crippen LogP contribution in [-0.2, 0) is 14.3 Å². The summed E-state index contributed by atoms with van der Waals surface area (Å²) in [6, 6.07) is 9.98. The lowest BCUT2D eigenvalue weighted by atomic mass is 9.96. The first-order valence-corrected chi connectivity index (χ1v) is 11.1. The Kier molecular flexibility index (Phi) is 6.45. The lowest BCUT2D eigenvalue weighted by Gasteiger charge is -2.25. The van der Waals surface area contributed by atoms with Crippen molar-refractivity contribution in [2.75, 3.05) is 20.3 Å². The van der Waals surface area contributed by atoms with E-state index in [9.17, 15) is 9.59 Å². The minimum atomic E-state index is -0.768. The van der Waals surface area contributed by atoms with Gasteiger partial charge in [-0.25, -0.2) is 9.79 Å². The Morgan fingerprint density at radius 2 is 2.03 bits per heavy atom. The van der Waals surface area contributed by atoms with Crippen molar-refractivity contribution in [3.05, 3.63) is 89.5 Å². The Labute approximate surface area is 192 Å². The van der Waals surface area contributed by atoms with Crippen molar-refractivity contribution in [1.29, 1.82) is 0 Å². The smallest absolute Gasteiger partial charge is 0.338 e. The molecule has 9 heteroatoms. The van der Waals surface area contributed by atoms with Crippen LogP contribution < -0.4 is 14.9 Å². The van der Waals surface area contributed by atoms with Crippen molar-refractivity contribution in [2.45, 2.75) is 19.9 Å². The molecule has 3 aromatic rings. The highest BCUT2D eigenvalue weighted by molar-refractivity contribution is 7.07. The van der Waals surface area contributed by atoms with Crippen LogP contribution in [0.3, 0.4) is 0 Å². The van der Waals surface area contributed by atoms with Crippen LogP contribution >= 0.6 is 22.9 Å². The molecule has 1 unspecified atom stereocenters. The van der Waals surface area contributed by atoms with Crippen molar-refractivity contribution >= 4 is 35.0 Å². The van der Waals surface area contributed by atoms with Gasteiger partial charge in [0, 0.05) is 18.2 Å². The van der Waals surface area contributed by atoms with Crippen LogP contribution in [0.25, 0.3) is 6.08 Å². The van der Waals surface area contributed by atoms with E-state index in [1.54, 1.807) is 37.3 Å². The number of benzene rings is 1.